The molecule has 0 radical (unpaired) electrons. The van der Waals surface area contributed by atoms with Gasteiger partial charge in [0.05, 0.1) is 11.6 Å². The molecule has 6 nitrogen and oxygen atoms in total. The molecule has 0 fully saturated rings. The van der Waals surface area contributed by atoms with Crippen LogP contribution in [0.1, 0.15) is 23.9 Å². The molecule has 146 valence electrons. The lowest BCUT2D eigenvalue weighted by Gasteiger charge is -2.21. The highest BCUT2D eigenvalue weighted by Crippen LogP contribution is 2.25. The lowest BCUT2D eigenvalue weighted by molar-refractivity contribution is -0.137. The van der Waals surface area contributed by atoms with E-state index in [0.717, 1.165) is 11.1 Å². The molecule has 7 heteroatoms. The van der Waals surface area contributed by atoms with Crippen LogP contribution in [0.25, 0.3) is 11.4 Å². The maximum Gasteiger partial charge on any atom is 0.263 e. The first-order valence-corrected chi connectivity index (χ1v) is 9.30. The summed E-state index contributed by atoms with van der Waals surface area (Å²) >= 11 is 6.16. The fourth-order valence-electron chi connectivity index (χ4n) is 2.75. The number of ether oxygens (including phenoxy) is 1. The van der Waals surface area contributed by atoms with E-state index in [1.807, 2.05) is 50.2 Å². The van der Waals surface area contributed by atoms with Gasteiger partial charge in [0, 0.05) is 12.6 Å². The van der Waals surface area contributed by atoms with E-state index in [-0.39, 0.29) is 12.5 Å². The SMILES string of the molecule is Cc1cccc(O[C@@H](C)C(=O)N(C)Cc2nc(-c3ccccc3Cl)no2)c1C. The Labute approximate surface area is 169 Å². The van der Waals surface area contributed by atoms with Gasteiger partial charge in [0.1, 0.15) is 5.75 Å². The van der Waals surface area contributed by atoms with Crippen LogP contribution in [0.5, 0.6) is 5.75 Å². The molecule has 0 spiro atoms. The van der Waals surface area contributed by atoms with E-state index in [1.54, 1.807) is 20.0 Å². The van der Waals surface area contributed by atoms with E-state index in [1.165, 1.54) is 4.90 Å². The number of benzene rings is 2. The van der Waals surface area contributed by atoms with Crippen molar-refractivity contribution in [2.75, 3.05) is 7.05 Å². The van der Waals surface area contributed by atoms with Gasteiger partial charge in [-0.2, -0.15) is 4.98 Å². The summed E-state index contributed by atoms with van der Waals surface area (Å²) in [7, 11) is 1.67. The quantitative estimate of drug-likeness (QED) is 0.613. The number of hydrogen-bond donors (Lipinski definition) is 0. The number of carbonyl (C=O) groups excluding carboxylic acids is 1. The average molecular weight is 400 g/mol. The Morgan fingerprint density at radius 3 is 2.71 bits per heavy atom. The molecule has 0 bridgehead atoms. The van der Waals surface area contributed by atoms with E-state index in [2.05, 4.69) is 10.1 Å². The van der Waals surface area contributed by atoms with Gasteiger partial charge in [0.15, 0.2) is 6.10 Å². The first-order valence-electron chi connectivity index (χ1n) is 8.92. The molecule has 0 aliphatic carbocycles. The molecule has 28 heavy (non-hydrogen) atoms. The number of aromatic nitrogens is 2. The maximum absolute atomic E-state index is 12.7. The van der Waals surface area contributed by atoms with Crippen molar-refractivity contribution < 1.29 is 14.1 Å². The molecule has 1 heterocycles. The molecule has 3 rings (SSSR count). The predicted octanol–water partition coefficient (Wildman–Crippen LogP) is 4.43. The third kappa shape index (κ3) is 4.34. The number of hydrogen-bond acceptors (Lipinski definition) is 5. The smallest absolute Gasteiger partial charge is 0.263 e. The van der Waals surface area contributed by atoms with Gasteiger partial charge < -0.3 is 14.2 Å². The van der Waals surface area contributed by atoms with Crippen LogP contribution in [0.2, 0.25) is 5.02 Å². The first kappa shape index (κ1) is 19.9. The molecule has 1 amide bonds. The second-order valence-corrected chi connectivity index (χ2v) is 7.05. The van der Waals surface area contributed by atoms with Gasteiger partial charge in [-0.05, 0) is 50.1 Å². The maximum atomic E-state index is 12.7. The standard InChI is InChI=1S/C21H22ClN3O3/c1-13-8-7-11-18(14(13)2)27-15(3)21(26)25(4)12-19-23-20(24-28-19)16-9-5-6-10-17(16)22/h5-11,15H,12H2,1-4H3/t15-/m0/s1. The first-order chi connectivity index (χ1) is 13.4. The minimum absolute atomic E-state index is 0.177. The van der Waals surface area contributed by atoms with Gasteiger partial charge in [0.2, 0.25) is 11.7 Å². The number of aryl methyl sites for hydroxylation is 1. The van der Waals surface area contributed by atoms with E-state index in [9.17, 15) is 4.79 Å². The van der Waals surface area contributed by atoms with Crippen molar-refractivity contribution in [1.29, 1.82) is 0 Å². The fourth-order valence-corrected chi connectivity index (χ4v) is 2.98. The van der Waals surface area contributed by atoms with Crippen LogP contribution in [-0.2, 0) is 11.3 Å². The highest BCUT2D eigenvalue weighted by Gasteiger charge is 2.22. The zero-order valence-corrected chi connectivity index (χ0v) is 17.0. The number of nitrogens with zero attached hydrogens (tertiary/aromatic N) is 3. The number of rotatable bonds is 6. The molecular formula is C21H22ClN3O3. The molecule has 0 unspecified atom stereocenters. The normalized spacial score (nSPS) is 11.9. The third-order valence-electron chi connectivity index (χ3n) is 4.54. The number of carbonyl (C=O) groups is 1. The van der Waals surface area contributed by atoms with Crippen LogP contribution in [0.15, 0.2) is 47.0 Å². The fraction of sp³-hybridized carbons (Fsp3) is 0.286. The summed E-state index contributed by atoms with van der Waals surface area (Å²) in [5.41, 5.74) is 2.81. The average Bonchev–Trinajstić information content (AvgIpc) is 3.13. The molecule has 3 aromatic rings. The van der Waals surface area contributed by atoms with Crippen molar-refractivity contribution in [3.63, 3.8) is 0 Å². The van der Waals surface area contributed by atoms with Crippen molar-refractivity contribution in [3.8, 4) is 17.1 Å². The molecule has 0 aliphatic heterocycles. The molecule has 2 aromatic carbocycles. The van der Waals surface area contributed by atoms with Crippen molar-refractivity contribution in [2.24, 2.45) is 0 Å². The van der Waals surface area contributed by atoms with Gasteiger partial charge in [0.25, 0.3) is 5.91 Å². The summed E-state index contributed by atoms with van der Waals surface area (Å²) in [5, 5.41) is 4.49. The summed E-state index contributed by atoms with van der Waals surface area (Å²) in [6.07, 6.45) is -0.642. The largest absolute Gasteiger partial charge is 0.481 e. The van der Waals surface area contributed by atoms with Crippen LogP contribution >= 0.6 is 11.6 Å². The van der Waals surface area contributed by atoms with Crippen LogP contribution in [0.3, 0.4) is 0 Å². The third-order valence-corrected chi connectivity index (χ3v) is 4.87. The second-order valence-electron chi connectivity index (χ2n) is 6.64. The Hall–Kier alpha value is -2.86. The minimum Gasteiger partial charge on any atom is -0.481 e. The Bertz CT molecular complexity index is 987. The van der Waals surface area contributed by atoms with Gasteiger partial charge in [-0.3, -0.25) is 4.79 Å². The predicted molar refractivity (Wildman–Crippen MR) is 107 cm³/mol. The molecule has 0 aliphatic rings. The van der Waals surface area contributed by atoms with Crippen molar-refractivity contribution >= 4 is 17.5 Å². The lowest BCUT2D eigenvalue weighted by Crippen LogP contribution is -2.37. The van der Waals surface area contributed by atoms with Crippen LogP contribution in [0.4, 0.5) is 0 Å². The van der Waals surface area contributed by atoms with Crippen molar-refractivity contribution in [1.82, 2.24) is 15.0 Å². The van der Waals surface area contributed by atoms with Crippen molar-refractivity contribution in [2.45, 2.75) is 33.4 Å². The van der Waals surface area contributed by atoms with E-state index < -0.39 is 6.10 Å². The molecular weight excluding hydrogens is 378 g/mol. The number of likely N-dealkylation sites (N-methyl/N-ethyl adjacent to an activating group) is 1. The summed E-state index contributed by atoms with van der Waals surface area (Å²) in [5.74, 6) is 1.23. The highest BCUT2D eigenvalue weighted by molar-refractivity contribution is 6.33. The summed E-state index contributed by atoms with van der Waals surface area (Å²) in [6.45, 7) is 5.88. The zero-order valence-electron chi connectivity index (χ0n) is 16.3. The van der Waals surface area contributed by atoms with E-state index in [0.29, 0.717) is 28.1 Å². The van der Waals surface area contributed by atoms with Crippen molar-refractivity contribution in [3.05, 3.63) is 64.5 Å². The number of halogens is 1. The van der Waals surface area contributed by atoms with Crippen LogP contribution in [0, 0.1) is 13.8 Å². The molecule has 0 N–H and O–H groups in total. The molecule has 0 saturated carbocycles. The summed E-state index contributed by atoms with van der Waals surface area (Å²) in [6, 6.07) is 13.0. The topological polar surface area (TPSA) is 68.5 Å². The monoisotopic (exact) mass is 399 g/mol. The van der Waals surface area contributed by atoms with Gasteiger partial charge in [-0.25, -0.2) is 0 Å². The van der Waals surface area contributed by atoms with Gasteiger partial charge >= 0.3 is 0 Å². The van der Waals surface area contributed by atoms with E-state index >= 15 is 0 Å². The molecule has 0 saturated heterocycles. The molecule has 1 atom stereocenters. The van der Waals surface area contributed by atoms with E-state index in [4.69, 9.17) is 20.9 Å². The number of amides is 1. The van der Waals surface area contributed by atoms with Crippen LogP contribution < -0.4 is 4.74 Å². The van der Waals surface area contributed by atoms with Gasteiger partial charge in [-0.1, -0.05) is 41.0 Å². The zero-order chi connectivity index (χ0) is 20.3. The highest BCUT2D eigenvalue weighted by atomic mass is 35.5. The van der Waals surface area contributed by atoms with Gasteiger partial charge in [-0.15, -0.1) is 0 Å². The minimum atomic E-state index is -0.642. The Balaban J connectivity index is 1.66. The van der Waals surface area contributed by atoms with Crippen LogP contribution in [-0.4, -0.2) is 34.1 Å². The Morgan fingerprint density at radius 2 is 1.96 bits per heavy atom. The lowest BCUT2D eigenvalue weighted by atomic mass is 10.1. The Kier molecular flexibility index (Phi) is 5.99. The molecule has 1 aromatic heterocycles. The second kappa shape index (κ2) is 8.44. The Morgan fingerprint density at radius 1 is 1.21 bits per heavy atom. The summed E-state index contributed by atoms with van der Waals surface area (Å²) < 4.78 is 11.1. The summed E-state index contributed by atoms with van der Waals surface area (Å²) in [4.78, 5) is 18.5.